The minimum absolute atomic E-state index is 0.0418. The van der Waals surface area contributed by atoms with Crippen LogP contribution >= 0.6 is 11.3 Å². The maximum Gasteiger partial charge on any atom is 0.222 e. The molecule has 0 aliphatic carbocycles. The summed E-state index contributed by atoms with van der Waals surface area (Å²) < 4.78 is 12.9. The molecule has 21 heavy (non-hydrogen) atoms. The van der Waals surface area contributed by atoms with Gasteiger partial charge < -0.3 is 4.90 Å². The van der Waals surface area contributed by atoms with Crippen molar-refractivity contribution in [1.29, 1.82) is 0 Å². The van der Waals surface area contributed by atoms with Crippen LogP contribution in [-0.2, 0) is 11.2 Å². The van der Waals surface area contributed by atoms with E-state index < -0.39 is 0 Å². The van der Waals surface area contributed by atoms with Crippen LogP contribution < -0.4 is 0 Å². The van der Waals surface area contributed by atoms with Gasteiger partial charge in [0.05, 0.1) is 6.04 Å². The second kappa shape index (κ2) is 7.36. The Labute approximate surface area is 129 Å². The standard InChI is InChI=1S/C17H20FNOS/c1-13(14-8-10-15(18)11-9-14)19(2)17(20)7-3-5-16-6-4-12-21-16/h4,6,8-13H,3,5,7H2,1-2H3. The highest BCUT2D eigenvalue weighted by atomic mass is 32.1. The number of hydrogen-bond donors (Lipinski definition) is 0. The van der Waals surface area contributed by atoms with Crippen LogP contribution in [0.3, 0.4) is 0 Å². The number of carbonyl (C=O) groups is 1. The molecule has 0 bridgehead atoms. The van der Waals surface area contributed by atoms with Crippen molar-refractivity contribution < 1.29 is 9.18 Å². The van der Waals surface area contributed by atoms with E-state index in [1.54, 1.807) is 28.4 Å². The SMILES string of the molecule is CC(c1ccc(F)cc1)N(C)C(=O)CCCc1cccs1. The van der Waals surface area contributed by atoms with Crippen molar-refractivity contribution in [2.75, 3.05) is 7.05 Å². The molecule has 4 heteroatoms. The normalized spacial score (nSPS) is 12.1. The molecule has 1 amide bonds. The molecule has 0 aliphatic rings. The van der Waals surface area contributed by atoms with Gasteiger partial charge in [-0.25, -0.2) is 4.39 Å². The third kappa shape index (κ3) is 4.39. The van der Waals surface area contributed by atoms with E-state index in [-0.39, 0.29) is 17.8 Å². The molecule has 0 N–H and O–H groups in total. The fraction of sp³-hybridized carbons (Fsp3) is 0.353. The summed E-state index contributed by atoms with van der Waals surface area (Å²) in [6, 6.07) is 10.4. The van der Waals surface area contributed by atoms with Gasteiger partial charge in [-0.2, -0.15) is 0 Å². The molecule has 1 heterocycles. The van der Waals surface area contributed by atoms with E-state index in [4.69, 9.17) is 0 Å². The molecule has 0 aliphatic heterocycles. The number of halogens is 1. The fourth-order valence-electron chi connectivity index (χ4n) is 2.23. The van der Waals surface area contributed by atoms with Crippen molar-refractivity contribution in [3.8, 4) is 0 Å². The number of nitrogens with zero attached hydrogens (tertiary/aromatic N) is 1. The van der Waals surface area contributed by atoms with E-state index in [0.29, 0.717) is 6.42 Å². The Kier molecular flexibility index (Phi) is 5.51. The molecule has 2 aromatic rings. The minimum atomic E-state index is -0.254. The van der Waals surface area contributed by atoms with E-state index in [9.17, 15) is 9.18 Å². The van der Waals surface area contributed by atoms with Gasteiger partial charge in [-0.3, -0.25) is 4.79 Å². The lowest BCUT2D eigenvalue weighted by atomic mass is 10.1. The average molecular weight is 305 g/mol. The van der Waals surface area contributed by atoms with Crippen molar-refractivity contribution in [1.82, 2.24) is 4.90 Å². The van der Waals surface area contributed by atoms with E-state index >= 15 is 0 Å². The predicted octanol–water partition coefficient (Wildman–Crippen LogP) is 4.43. The Balaban J connectivity index is 1.84. The van der Waals surface area contributed by atoms with Crippen molar-refractivity contribution in [2.45, 2.75) is 32.2 Å². The van der Waals surface area contributed by atoms with Gasteiger partial charge in [-0.1, -0.05) is 18.2 Å². The molecular formula is C17H20FNOS. The van der Waals surface area contributed by atoms with Gasteiger partial charge in [0.15, 0.2) is 0 Å². The van der Waals surface area contributed by atoms with Crippen LogP contribution in [0.5, 0.6) is 0 Å². The zero-order valence-corrected chi connectivity index (χ0v) is 13.2. The number of amides is 1. The molecule has 0 saturated heterocycles. The Morgan fingerprint density at radius 1 is 1.29 bits per heavy atom. The van der Waals surface area contributed by atoms with Crippen LogP contribution in [0.1, 0.15) is 36.2 Å². The first-order chi connectivity index (χ1) is 10.1. The Bertz CT molecular complexity index is 565. The first-order valence-electron chi connectivity index (χ1n) is 7.11. The van der Waals surface area contributed by atoms with Crippen molar-refractivity contribution in [3.05, 3.63) is 58.0 Å². The van der Waals surface area contributed by atoms with Gasteiger partial charge in [0.25, 0.3) is 0 Å². The zero-order valence-electron chi connectivity index (χ0n) is 12.4. The number of hydrogen-bond acceptors (Lipinski definition) is 2. The summed E-state index contributed by atoms with van der Waals surface area (Å²) in [6.07, 6.45) is 2.35. The summed E-state index contributed by atoms with van der Waals surface area (Å²) in [4.78, 5) is 15.3. The van der Waals surface area contributed by atoms with E-state index in [0.717, 1.165) is 18.4 Å². The average Bonchev–Trinajstić information content (AvgIpc) is 2.99. The van der Waals surface area contributed by atoms with Crippen molar-refractivity contribution >= 4 is 17.2 Å². The second-order valence-corrected chi connectivity index (χ2v) is 6.20. The number of thiophene rings is 1. The number of aryl methyl sites for hydroxylation is 1. The molecule has 112 valence electrons. The second-order valence-electron chi connectivity index (χ2n) is 5.17. The molecule has 1 aromatic heterocycles. The lowest BCUT2D eigenvalue weighted by molar-refractivity contribution is -0.131. The van der Waals surface area contributed by atoms with Crippen molar-refractivity contribution in [2.24, 2.45) is 0 Å². The predicted molar refractivity (Wildman–Crippen MR) is 84.8 cm³/mol. The summed E-state index contributed by atoms with van der Waals surface area (Å²) in [5.74, 6) is -0.126. The van der Waals surface area contributed by atoms with Gasteiger partial charge in [0, 0.05) is 18.3 Å². The zero-order chi connectivity index (χ0) is 15.2. The molecular weight excluding hydrogens is 285 g/mol. The Morgan fingerprint density at radius 2 is 2.00 bits per heavy atom. The maximum absolute atomic E-state index is 12.9. The first kappa shape index (κ1) is 15.7. The topological polar surface area (TPSA) is 20.3 Å². The quantitative estimate of drug-likeness (QED) is 0.773. The van der Waals surface area contributed by atoms with E-state index in [2.05, 4.69) is 11.4 Å². The van der Waals surface area contributed by atoms with Crippen LogP contribution in [0, 0.1) is 5.82 Å². The highest BCUT2D eigenvalue weighted by Crippen LogP contribution is 2.20. The molecule has 1 atom stereocenters. The molecule has 1 aromatic carbocycles. The molecule has 1 unspecified atom stereocenters. The van der Waals surface area contributed by atoms with Crippen LogP contribution in [-0.4, -0.2) is 17.9 Å². The third-order valence-electron chi connectivity index (χ3n) is 3.72. The summed E-state index contributed by atoms with van der Waals surface area (Å²) >= 11 is 1.73. The Hall–Kier alpha value is -1.68. The molecule has 0 fully saturated rings. The summed E-state index contributed by atoms with van der Waals surface area (Å²) in [6.45, 7) is 1.96. The van der Waals surface area contributed by atoms with Gasteiger partial charge in [-0.15, -0.1) is 11.3 Å². The lowest BCUT2D eigenvalue weighted by Gasteiger charge is -2.25. The molecule has 0 spiro atoms. The highest BCUT2D eigenvalue weighted by molar-refractivity contribution is 7.09. The Morgan fingerprint density at radius 3 is 2.62 bits per heavy atom. The lowest BCUT2D eigenvalue weighted by Crippen LogP contribution is -2.29. The number of benzene rings is 1. The molecule has 2 nitrogen and oxygen atoms in total. The molecule has 0 radical (unpaired) electrons. The van der Waals surface area contributed by atoms with Gasteiger partial charge in [0.1, 0.15) is 5.82 Å². The maximum atomic E-state index is 12.9. The number of carbonyl (C=O) groups excluding carboxylic acids is 1. The van der Waals surface area contributed by atoms with Gasteiger partial charge >= 0.3 is 0 Å². The third-order valence-corrected chi connectivity index (χ3v) is 4.66. The van der Waals surface area contributed by atoms with E-state index in [1.165, 1.54) is 17.0 Å². The van der Waals surface area contributed by atoms with Crippen LogP contribution in [0.2, 0.25) is 0 Å². The van der Waals surface area contributed by atoms with Crippen LogP contribution in [0.4, 0.5) is 4.39 Å². The van der Waals surface area contributed by atoms with E-state index in [1.807, 2.05) is 20.0 Å². The largest absolute Gasteiger partial charge is 0.339 e. The van der Waals surface area contributed by atoms with Gasteiger partial charge in [-0.05, 0) is 48.9 Å². The minimum Gasteiger partial charge on any atom is -0.339 e. The smallest absolute Gasteiger partial charge is 0.222 e. The van der Waals surface area contributed by atoms with Crippen LogP contribution in [0.15, 0.2) is 41.8 Å². The monoisotopic (exact) mass is 305 g/mol. The summed E-state index contributed by atoms with van der Waals surface area (Å²) in [5, 5.41) is 2.06. The van der Waals surface area contributed by atoms with Crippen LogP contribution in [0.25, 0.3) is 0 Å². The number of rotatable bonds is 6. The summed E-state index contributed by atoms with van der Waals surface area (Å²) in [7, 11) is 1.81. The van der Waals surface area contributed by atoms with Gasteiger partial charge in [0.2, 0.25) is 5.91 Å². The summed E-state index contributed by atoms with van der Waals surface area (Å²) in [5.41, 5.74) is 0.950. The molecule has 2 rings (SSSR count). The fourth-order valence-corrected chi connectivity index (χ4v) is 2.98. The van der Waals surface area contributed by atoms with Crippen molar-refractivity contribution in [3.63, 3.8) is 0 Å². The highest BCUT2D eigenvalue weighted by Gasteiger charge is 2.17. The first-order valence-corrected chi connectivity index (χ1v) is 7.99. The molecule has 0 saturated carbocycles.